The predicted molar refractivity (Wildman–Crippen MR) is 70.3 cm³/mol. The zero-order chi connectivity index (χ0) is 14.7. The van der Waals surface area contributed by atoms with E-state index in [1.807, 2.05) is 0 Å². The van der Waals surface area contributed by atoms with Crippen molar-refractivity contribution >= 4 is 23.2 Å². The number of hydrogen-bond donors (Lipinski definition) is 1. The van der Waals surface area contributed by atoms with Crippen LogP contribution in [0, 0.1) is 10.1 Å². The molecule has 2 aromatic rings. The lowest BCUT2D eigenvalue weighted by Crippen LogP contribution is -2.24. The fraction of sp³-hybridized carbons (Fsp3) is 0.182. The molecule has 1 aromatic carbocycles. The fourth-order valence-electron chi connectivity index (χ4n) is 1.60. The summed E-state index contributed by atoms with van der Waals surface area (Å²) in [5, 5.41) is 17.3. The Kier molecular flexibility index (Phi) is 3.94. The van der Waals surface area contributed by atoms with E-state index in [-0.39, 0.29) is 17.1 Å². The van der Waals surface area contributed by atoms with Gasteiger partial charge in [0.15, 0.2) is 5.82 Å². The van der Waals surface area contributed by atoms with Crippen molar-refractivity contribution in [2.24, 2.45) is 7.05 Å². The second-order valence-electron chi connectivity index (χ2n) is 3.91. The molecule has 0 aliphatic carbocycles. The van der Waals surface area contributed by atoms with Crippen molar-refractivity contribution in [1.29, 1.82) is 0 Å². The largest absolute Gasteiger partial charge is 0.344 e. The van der Waals surface area contributed by atoms with Crippen molar-refractivity contribution in [2.45, 2.75) is 6.54 Å². The summed E-state index contributed by atoms with van der Waals surface area (Å²) in [6.45, 7) is 0.0728. The molecule has 0 saturated carbocycles. The Morgan fingerprint density at radius 2 is 2.30 bits per heavy atom. The SMILES string of the molecule is Cn1cnc(CNC(=O)c2cccc(Cl)c2[N+](=O)[O-])n1. The van der Waals surface area contributed by atoms with Gasteiger partial charge in [0.05, 0.1) is 11.5 Å². The van der Waals surface area contributed by atoms with Crippen LogP contribution < -0.4 is 5.32 Å². The normalized spacial score (nSPS) is 10.3. The first-order valence-electron chi connectivity index (χ1n) is 5.54. The standard InChI is InChI=1S/C11H10ClN5O3/c1-16-6-14-9(15-16)5-13-11(18)7-3-2-4-8(12)10(7)17(19)20/h2-4,6H,5H2,1H3,(H,13,18). The number of hydrogen-bond acceptors (Lipinski definition) is 5. The average Bonchev–Trinajstić information content (AvgIpc) is 2.81. The van der Waals surface area contributed by atoms with Gasteiger partial charge < -0.3 is 5.32 Å². The molecule has 0 aliphatic heterocycles. The topological polar surface area (TPSA) is 103 Å². The van der Waals surface area contributed by atoms with E-state index in [9.17, 15) is 14.9 Å². The van der Waals surface area contributed by atoms with E-state index in [4.69, 9.17) is 11.6 Å². The smallest absolute Gasteiger partial charge is 0.300 e. The van der Waals surface area contributed by atoms with Crippen LogP contribution in [0.5, 0.6) is 0 Å². The van der Waals surface area contributed by atoms with Crippen molar-refractivity contribution in [2.75, 3.05) is 0 Å². The minimum absolute atomic E-state index is 0.0728. The van der Waals surface area contributed by atoms with Crippen LogP contribution in [0.15, 0.2) is 24.5 Å². The van der Waals surface area contributed by atoms with Crippen LogP contribution in [0.4, 0.5) is 5.69 Å². The molecule has 0 unspecified atom stereocenters. The van der Waals surface area contributed by atoms with Crippen LogP contribution in [0.2, 0.25) is 5.02 Å². The van der Waals surface area contributed by atoms with Gasteiger partial charge in [-0.15, -0.1) is 0 Å². The van der Waals surface area contributed by atoms with Crippen molar-refractivity contribution in [3.8, 4) is 0 Å². The Labute approximate surface area is 118 Å². The molecule has 8 nitrogen and oxygen atoms in total. The highest BCUT2D eigenvalue weighted by Crippen LogP contribution is 2.27. The average molecular weight is 296 g/mol. The number of nitrogens with one attached hydrogen (secondary N) is 1. The molecule has 0 spiro atoms. The molecular formula is C11H10ClN5O3. The number of nitro groups is 1. The van der Waals surface area contributed by atoms with E-state index in [1.165, 1.54) is 29.2 Å². The van der Waals surface area contributed by atoms with E-state index in [1.54, 1.807) is 7.05 Å². The number of para-hydroxylation sites is 1. The molecule has 0 atom stereocenters. The van der Waals surface area contributed by atoms with Gasteiger partial charge in [-0.1, -0.05) is 17.7 Å². The highest BCUT2D eigenvalue weighted by atomic mass is 35.5. The molecule has 2 rings (SSSR count). The van der Waals surface area contributed by atoms with Crippen LogP contribution >= 0.6 is 11.6 Å². The number of carbonyl (C=O) groups is 1. The molecular weight excluding hydrogens is 286 g/mol. The van der Waals surface area contributed by atoms with Gasteiger partial charge in [-0.3, -0.25) is 19.6 Å². The highest BCUT2D eigenvalue weighted by molar-refractivity contribution is 6.33. The fourth-order valence-corrected chi connectivity index (χ4v) is 1.85. The Morgan fingerprint density at radius 3 is 2.90 bits per heavy atom. The molecule has 0 saturated heterocycles. The predicted octanol–water partition coefficient (Wildman–Crippen LogP) is 1.31. The lowest BCUT2D eigenvalue weighted by molar-refractivity contribution is -0.385. The van der Waals surface area contributed by atoms with Crippen molar-refractivity contribution in [3.05, 3.63) is 51.1 Å². The van der Waals surface area contributed by atoms with Crippen LogP contribution in [0.1, 0.15) is 16.2 Å². The minimum atomic E-state index is -0.684. The molecule has 0 radical (unpaired) electrons. The lowest BCUT2D eigenvalue weighted by Gasteiger charge is -2.04. The molecule has 104 valence electrons. The Balaban J connectivity index is 2.17. The number of carbonyl (C=O) groups excluding carboxylic acids is 1. The van der Waals surface area contributed by atoms with Gasteiger partial charge >= 0.3 is 5.69 Å². The van der Waals surface area contributed by atoms with E-state index < -0.39 is 16.5 Å². The number of aryl methyl sites for hydroxylation is 1. The molecule has 20 heavy (non-hydrogen) atoms. The number of aromatic nitrogens is 3. The third kappa shape index (κ3) is 2.91. The maximum atomic E-state index is 12.0. The quantitative estimate of drug-likeness (QED) is 0.676. The number of nitro benzene ring substituents is 1. The van der Waals surface area contributed by atoms with E-state index in [0.717, 1.165) is 0 Å². The van der Waals surface area contributed by atoms with Crippen LogP contribution in [-0.2, 0) is 13.6 Å². The third-order valence-corrected chi connectivity index (χ3v) is 2.77. The number of rotatable bonds is 4. The van der Waals surface area contributed by atoms with E-state index in [0.29, 0.717) is 5.82 Å². The van der Waals surface area contributed by atoms with Crippen LogP contribution in [0.3, 0.4) is 0 Å². The van der Waals surface area contributed by atoms with Gasteiger partial charge in [0.25, 0.3) is 5.91 Å². The van der Waals surface area contributed by atoms with E-state index >= 15 is 0 Å². The van der Waals surface area contributed by atoms with Crippen LogP contribution in [0.25, 0.3) is 0 Å². The van der Waals surface area contributed by atoms with Gasteiger partial charge in [0.1, 0.15) is 16.9 Å². The van der Waals surface area contributed by atoms with Crippen molar-refractivity contribution in [3.63, 3.8) is 0 Å². The van der Waals surface area contributed by atoms with Gasteiger partial charge in [-0.25, -0.2) is 4.98 Å². The summed E-state index contributed by atoms with van der Waals surface area (Å²) in [6, 6.07) is 4.17. The summed E-state index contributed by atoms with van der Waals surface area (Å²) in [5.41, 5.74) is -0.515. The number of halogens is 1. The Hall–Kier alpha value is -2.48. The first kappa shape index (κ1) is 13.9. The number of amides is 1. The van der Waals surface area contributed by atoms with Crippen LogP contribution in [-0.4, -0.2) is 25.6 Å². The molecule has 0 bridgehead atoms. The number of nitrogens with zero attached hydrogens (tertiary/aromatic N) is 4. The maximum absolute atomic E-state index is 12.0. The van der Waals surface area contributed by atoms with Gasteiger partial charge in [-0.05, 0) is 12.1 Å². The van der Waals surface area contributed by atoms with Crippen molar-refractivity contribution < 1.29 is 9.72 Å². The van der Waals surface area contributed by atoms with Crippen molar-refractivity contribution in [1.82, 2.24) is 20.1 Å². The first-order chi connectivity index (χ1) is 9.49. The zero-order valence-corrected chi connectivity index (χ0v) is 11.2. The molecule has 9 heteroatoms. The Bertz CT molecular complexity index is 670. The summed E-state index contributed by atoms with van der Waals surface area (Å²) in [6.07, 6.45) is 1.49. The second kappa shape index (κ2) is 5.66. The second-order valence-corrected chi connectivity index (χ2v) is 4.32. The summed E-state index contributed by atoms with van der Waals surface area (Å²) < 4.78 is 1.49. The van der Waals surface area contributed by atoms with Gasteiger partial charge in [-0.2, -0.15) is 5.10 Å². The molecule has 1 aromatic heterocycles. The van der Waals surface area contributed by atoms with Gasteiger partial charge in [0.2, 0.25) is 0 Å². The maximum Gasteiger partial charge on any atom is 0.300 e. The first-order valence-corrected chi connectivity index (χ1v) is 5.92. The lowest BCUT2D eigenvalue weighted by atomic mass is 10.1. The summed E-state index contributed by atoms with van der Waals surface area (Å²) in [7, 11) is 1.69. The molecule has 0 aliphatic rings. The summed E-state index contributed by atoms with van der Waals surface area (Å²) >= 11 is 5.74. The molecule has 0 fully saturated rings. The number of benzene rings is 1. The van der Waals surface area contributed by atoms with E-state index in [2.05, 4.69) is 15.4 Å². The monoisotopic (exact) mass is 295 g/mol. The minimum Gasteiger partial charge on any atom is -0.344 e. The summed E-state index contributed by atoms with van der Waals surface area (Å²) in [5.74, 6) is -0.197. The highest BCUT2D eigenvalue weighted by Gasteiger charge is 2.23. The molecule has 1 amide bonds. The third-order valence-electron chi connectivity index (χ3n) is 2.47. The summed E-state index contributed by atoms with van der Waals surface area (Å²) in [4.78, 5) is 26.2. The Morgan fingerprint density at radius 1 is 1.55 bits per heavy atom. The zero-order valence-electron chi connectivity index (χ0n) is 10.4. The molecule has 1 heterocycles. The molecule has 1 N–H and O–H groups in total. The van der Waals surface area contributed by atoms with Gasteiger partial charge in [0, 0.05) is 7.05 Å².